The summed E-state index contributed by atoms with van der Waals surface area (Å²) in [5.41, 5.74) is 1.14. The van der Waals surface area contributed by atoms with Crippen LogP contribution >= 0.6 is 11.6 Å². The number of carbonyl (C=O) groups is 1. The number of aliphatic hydroxyl groups excluding tert-OH is 1. The Labute approximate surface area is 129 Å². The quantitative estimate of drug-likeness (QED) is 0.807. The number of hydrogen-bond donors (Lipinski definition) is 1. The monoisotopic (exact) mass is 307 g/mol. The first-order chi connectivity index (χ1) is 10.0. The molecule has 1 aliphatic heterocycles. The topological polar surface area (TPSA) is 49.8 Å². The number of ether oxygens (including phenoxy) is 1. The van der Waals surface area contributed by atoms with Crippen molar-refractivity contribution in [3.63, 3.8) is 0 Å². The van der Waals surface area contributed by atoms with Crippen LogP contribution in [-0.4, -0.2) is 47.8 Å². The molecule has 0 radical (unpaired) electrons. The summed E-state index contributed by atoms with van der Waals surface area (Å²) in [4.78, 5) is 14.3. The first-order valence-electron chi connectivity index (χ1n) is 6.85. The van der Waals surface area contributed by atoms with Gasteiger partial charge in [0.25, 0.3) is 5.91 Å². The zero-order valence-corrected chi connectivity index (χ0v) is 12.9. The van der Waals surface area contributed by atoms with Gasteiger partial charge in [-0.2, -0.15) is 0 Å². The van der Waals surface area contributed by atoms with Gasteiger partial charge in [0.2, 0.25) is 0 Å². The average molecular weight is 308 g/mol. The number of amides is 1. The van der Waals surface area contributed by atoms with E-state index in [1.807, 2.05) is 13.8 Å². The van der Waals surface area contributed by atoms with Gasteiger partial charge in [-0.05, 0) is 32.0 Å². The first-order valence-corrected chi connectivity index (χ1v) is 7.23. The third-order valence-electron chi connectivity index (χ3n) is 3.22. The lowest BCUT2D eigenvalue weighted by atomic mass is 10.1. The van der Waals surface area contributed by atoms with E-state index in [9.17, 15) is 4.79 Å². The second kappa shape index (κ2) is 6.95. The van der Waals surface area contributed by atoms with Crippen molar-refractivity contribution in [2.45, 2.75) is 26.1 Å². The second-order valence-corrected chi connectivity index (χ2v) is 5.53. The van der Waals surface area contributed by atoms with Gasteiger partial charge >= 0.3 is 0 Å². The minimum Gasteiger partial charge on any atom is -0.384 e. The number of benzene rings is 1. The predicted octanol–water partition coefficient (Wildman–Crippen LogP) is 1.93. The van der Waals surface area contributed by atoms with Crippen molar-refractivity contribution in [3.05, 3.63) is 34.3 Å². The minimum atomic E-state index is -0.222. The summed E-state index contributed by atoms with van der Waals surface area (Å²) < 4.78 is 5.63. The van der Waals surface area contributed by atoms with Gasteiger partial charge in [0, 0.05) is 24.2 Å². The predicted molar refractivity (Wildman–Crippen MR) is 81.3 cm³/mol. The Bertz CT molecular complexity index is 581. The van der Waals surface area contributed by atoms with Crippen LogP contribution in [0.25, 0.3) is 0 Å². The molecule has 1 aliphatic rings. The number of carbonyl (C=O) groups excluding carboxylic acids is 1. The fraction of sp³-hybridized carbons (Fsp3) is 0.438. The van der Waals surface area contributed by atoms with Crippen LogP contribution in [0.3, 0.4) is 0 Å². The van der Waals surface area contributed by atoms with Crippen LogP contribution in [0.2, 0.25) is 5.02 Å². The molecule has 1 N–H and O–H groups in total. The lowest BCUT2D eigenvalue weighted by molar-refractivity contribution is -0.0586. The van der Waals surface area contributed by atoms with Gasteiger partial charge in [-0.3, -0.25) is 4.79 Å². The third kappa shape index (κ3) is 3.98. The van der Waals surface area contributed by atoms with E-state index in [2.05, 4.69) is 11.8 Å². The number of aliphatic hydroxyl groups is 1. The van der Waals surface area contributed by atoms with Gasteiger partial charge in [0.1, 0.15) is 6.61 Å². The van der Waals surface area contributed by atoms with Crippen LogP contribution in [0.4, 0.5) is 0 Å². The molecule has 2 rings (SSSR count). The number of rotatable bonds is 1. The Balaban J connectivity index is 2.18. The molecule has 0 aliphatic carbocycles. The van der Waals surface area contributed by atoms with E-state index in [0.29, 0.717) is 29.2 Å². The largest absolute Gasteiger partial charge is 0.384 e. The van der Waals surface area contributed by atoms with Crippen LogP contribution in [-0.2, 0) is 4.74 Å². The second-order valence-electron chi connectivity index (χ2n) is 5.12. The van der Waals surface area contributed by atoms with Gasteiger partial charge in [0.05, 0.1) is 17.2 Å². The van der Waals surface area contributed by atoms with Crippen LogP contribution in [0.15, 0.2) is 18.2 Å². The summed E-state index contributed by atoms with van der Waals surface area (Å²) >= 11 is 6.13. The molecule has 1 saturated heterocycles. The molecule has 21 heavy (non-hydrogen) atoms. The summed E-state index contributed by atoms with van der Waals surface area (Å²) in [5.74, 6) is 5.23. The fourth-order valence-electron chi connectivity index (χ4n) is 2.41. The number of hydrogen-bond acceptors (Lipinski definition) is 3. The van der Waals surface area contributed by atoms with Gasteiger partial charge in [-0.25, -0.2) is 0 Å². The van der Waals surface area contributed by atoms with Crippen LogP contribution in [0.5, 0.6) is 0 Å². The van der Waals surface area contributed by atoms with Crippen molar-refractivity contribution in [1.29, 1.82) is 0 Å². The van der Waals surface area contributed by atoms with E-state index < -0.39 is 0 Å². The average Bonchev–Trinajstić information content (AvgIpc) is 2.44. The summed E-state index contributed by atoms with van der Waals surface area (Å²) in [6, 6.07) is 5.03. The Kier molecular flexibility index (Phi) is 5.24. The normalized spacial score (nSPS) is 21.6. The van der Waals surface area contributed by atoms with Gasteiger partial charge in [0.15, 0.2) is 0 Å². The van der Waals surface area contributed by atoms with E-state index in [4.69, 9.17) is 21.4 Å². The van der Waals surface area contributed by atoms with E-state index in [-0.39, 0.29) is 24.7 Å². The standard InChI is InChI=1S/C16H18ClNO3/c1-11-9-18(10-12(2)21-11)16(20)14-6-5-13(4-3-7-19)15(17)8-14/h5-6,8,11-12,19H,7,9-10H2,1-2H3. The molecule has 0 spiro atoms. The molecule has 4 nitrogen and oxygen atoms in total. The molecule has 1 amide bonds. The molecule has 2 unspecified atom stereocenters. The van der Waals surface area contributed by atoms with Crippen molar-refractivity contribution < 1.29 is 14.6 Å². The van der Waals surface area contributed by atoms with Crippen LogP contribution in [0.1, 0.15) is 29.8 Å². The van der Waals surface area contributed by atoms with Gasteiger partial charge in [-0.1, -0.05) is 23.4 Å². The zero-order valence-electron chi connectivity index (χ0n) is 12.1. The van der Waals surface area contributed by atoms with Crippen LogP contribution < -0.4 is 0 Å². The maximum Gasteiger partial charge on any atom is 0.254 e. The summed E-state index contributed by atoms with van der Waals surface area (Å²) in [6.07, 6.45) is 0.0609. The van der Waals surface area contributed by atoms with E-state index in [1.165, 1.54) is 0 Å². The summed E-state index contributed by atoms with van der Waals surface area (Å²) in [6.45, 7) is 4.84. The first kappa shape index (κ1) is 15.8. The zero-order chi connectivity index (χ0) is 15.4. The molecule has 0 aromatic heterocycles. The third-order valence-corrected chi connectivity index (χ3v) is 3.54. The van der Waals surface area contributed by atoms with Crippen molar-refractivity contribution in [2.24, 2.45) is 0 Å². The highest BCUT2D eigenvalue weighted by Gasteiger charge is 2.26. The lowest BCUT2D eigenvalue weighted by Gasteiger charge is -2.35. The van der Waals surface area contributed by atoms with Gasteiger partial charge in [-0.15, -0.1) is 0 Å². The Morgan fingerprint density at radius 3 is 2.67 bits per heavy atom. The molecule has 112 valence electrons. The van der Waals surface area contributed by atoms with Crippen LogP contribution in [0, 0.1) is 11.8 Å². The molecule has 1 fully saturated rings. The Morgan fingerprint density at radius 1 is 1.43 bits per heavy atom. The molecule has 0 bridgehead atoms. The SMILES string of the molecule is CC1CN(C(=O)c2ccc(C#CCO)c(Cl)c2)CC(C)O1. The number of nitrogens with zero attached hydrogens (tertiary/aromatic N) is 1. The molecular weight excluding hydrogens is 290 g/mol. The molecule has 5 heteroatoms. The molecule has 0 saturated carbocycles. The molecular formula is C16H18ClNO3. The summed E-state index contributed by atoms with van der Waals surface area (Å²) in [5, 5.41) is 9.10. The maximum atomic E-state index is 12.5. The highest BCUT2D eigenvalue weighted by molar-refractivity contribution is 6.32. The molecule has 1 aromatic carbocycles. The number of halogens is 1. The van der Waals surface area contributed by atoms with Crippen molar-refractivity contribution in [2.75, 3.05) is 19.7 Å². The fourth-order valence-corrected chi connectivity index (χ4v) is 2.64. The van der Waals surface area contributed by atoms with Crippen molar-refractivity contribution in [3.8, 4) is 11.8 Å². The molecule has 1 heterocycles. The Hall–Kier alpha value is -1.54. The lowest BCUT2D eigenvalue weighted by Crippen LogP contribution is -2.48. The minimum absolute atomic E-state index is 0.0304. The highest BCUT2D eigenvalue weighted by atomic mass is 35.5. The van der Waals surface area contributed by atoms with Crippen molar-refractivity contribution >= 4 is 17.5 Å². The summed E-state index contributed by atoms with van der Waals surface area (Å²) in [7, 11) is 0. The molecule has 1 aromatic rings. The highest BCUT2D eigenvalue weighted by Crippen LogP contribution is 2.20. The maximum absolute atomic E-state index is 12.5. The number of morpholine rings is 1. The van der Waals surface area contributed by atoms with E-state index in [1.54, 1.807) is 23.1 Å². The van der Waals surface area contributed by atoms with E-state index >= 15 is 0 Å². The van der Waals surface area contributed by atoms with Crippen molar-refractivity contribution in [1.82, 2.24) is 4.90 Å². The van der Waals surface area contributed by atoms with Gasteiger partial charge < -0.3 is 14.7 Å². The molecule has 2 atom stereocenters. The van der Waals surface area contributed by atoms with E-state index in [0.717, 1.165) is 0 Å². The smallest absolute Gasteiger partial charge is 0.254 e. The Morgan fingerprint density at radius 2 is 2.10 bits per heavy atom.